The number of aromatic nitrogens is 2. The number of aryl methyl sites for hydroxylation is 1. The highest BCUT2D eigenvalue weighted by molar-refractivity contribution is 5.92. The molecular formula is C17H19N3O3. The highest BCUT2D eigenvalue weighted by Crippen LogP contribution is 2.33. The number of ether oxygens (including phenoxy) is 2. The average Bonchev–Trinajstić information content (AvgIpc) is 2.60. The average molecular weight is 313 g/mol. The first-order valence-electron chi connectivity index (χ1n) is 7.44. The predicted octanol–water partition coefficient (Wildman–Crippen LogP) is 2.00. The van der Waals surface area contributed by atoms with Crippen LogP contribution in [0.3, 0.4) is 0 Å². The molecule has 0 saturated heterocycles. The number of rotatable bonds is 3. The number of carbonyl (C=O) groups is 1. The first-order chi connectivity index (χ1) is 11.1. The SMILES string of the molecule is COc1cc2c(cc1OC)CN(C(=O)c1cnc(C)cn1)CC2. The van der Waals surface area contributed by atoms with E-state index in [9.17, 15) is 4.79 Å². The van der Waals surface area contributed by atoms with Gasteiger partial charge in [-0.25, -0.2) is 4.98 Å². The Morgan fingerprint density at radius 1 is 1.09 bits per heavy atom. The van der Waals surface area contributed by atoms with Gasteiger partial charge in [-0.15, -0.1) is 0 Å². The molecule has 0 unspecified atom stereocenters. The molecule has 1 aliphatic rings. The van der Waals surface area contributed by atoms with Crippen molar-refractivity contribution in [2.24, 2.45) is 0 Å². The molecule has 0 fully saturated rings. The minimum absolute atomic E-state index is 0.0991. The lowest BCUT2D eigenvalue weighted by atomic mass is 9.98. The van der Waals surface area contributed by atoms with E-state index in [1.807, 2.05) is 19.1 Å². The zero-order chi connectivity index (χ0) is 16.4. The normalized spacial score (nSPS) is 13.4. The Hall–Kier alpha value is -2.63. The van der Waals surface area contributed by atoms with Gasteiger partial charge in [-0.05, 0) is 36.6 Å². The first kappa shape index (κ1) is 15.3. The van der Waals surface area contributed by atoms with Crippen LogP contribution in [0.15, 0.2) is 24.5 Å². The molecule has 0 spiro atoms. The molecule has 2 heterocycles. The Kier molecular flexibility index (Phi) is 4.14. The third kappa shape index (κ3) is 2.97. The highest BCUT2D eigenvalue weighted by atomic mass is 16.5. The van der Waals surface area contributed by atoms with Crippen molar-refractivity contribution in [2.45, 2.75) is 19.9 Å². The fourth-order valence-corrected chi connectivity index (χ4v) is 2.72. The van der Waals surface area contributed by atoms with Gasteiger partial charge in [-0.3, -0.25) is 9.78 Å². The van der Waals surface area contributed by atoms with Crippen molar-refractivity contribution in [3.05, 3.63) is 47.0 Å². The Balaban J connectivity index is 1.84. The van der Waals surface area contributed by atoms with Gasteiger partial charge in [-0.2, -0.15) is 0 Å². The van der Waals surface area contributed by atoms with E-state index in [0.717, 1.165) is 23.4 Å². The smallest absolute Gasteiger partial charge is 0.274 e. The van der Waals surface area contributed by atoms with Crippen molar-refractivity contribution in [1.29, 1.82) is 0 Å². The summed E-state index contributed by atoms with van der Waals surface area (Å²) in [6.07, 6.45) is 3.92. The molecule has 23 heavy (non-hydrogen) atoms. The van der Waals surface area contributed by atoms with E-state index in [1.54, 1.807) is 25.3 Å². The number of nitrogens with zero attached hydrogens (tertiary/aromatic N) is 3. The molecule has 1 aromatic carbocycles. The second-order valence-electron chi connectivity index (χ2n) is 5.50. The Bertz CT molecular complexity index is 729. The van der Waals surface area contributed by atoms with E-state index in [1.165, 1.54) is 11.8 Å². The van der Waals surface area contributed by atoms with E-state index in [-0.39, 0.29) is 5.91 Å². The third-order valence-corrected chi connectivity index (χ3v) is 4.01. The Labute approximate surface area is 135 Å². The molecule has 1 aliphatic heterocycles. The molecule has 2 aromatic rings. The molecule has 0 saturated carbocycles. The van der Waals surface area contributed by atoms with Crippen LogP contribution in [0.2, 0.25) is 0 Å². The fraction of sp³-hybridized carbons (Fsp3) is 0.353. The van der Waals surface area contributed by atoms with E-state index < -0.39 is 0 Å². The van der Waals surface area contributed by atoms with Crippen LogP contribution in [0.4, 0.5) is 0 Å². The van der Waals surface area contributed by atoms with Crippen molar-refractivity contribution in [3.8, 4) is 11.5 Å². The van der Waals surface area contributed by atoms with Crippen molar-refractivity contribution in [3.63, 3.8) is 0 Å². The maximum Gasteiger partial charge on any atom is 0.274 e. The number of carbonyl (C=O) groups excluding carboxylic acids is 1. The van der Waals surface area contributed by atoms with Gasteiger partial charge in [-0.1, -0.05) is 0 Å². The van der Waals surface area contributed by atoms with Crippen LogP contribution in [0.25, 0.3) is 0 Å². The summed E-state index contributed by atoms with van der Waals surface area (Å²) in [5.74, 6) is 1.30. The second kappa shape index (κ2) is 6.24. The molecule has 6 nitrogen and oxygen atoms in total. The van der Waals surface area contributed by atoms with E-state index in [4.69, 9.17) is 9.47 Å². The molecule has 0 radical (unpaired) electrons. The minimum Gasteiger partial charge on any atom is -0.493 e. The highest BCUT2D eigenvalue weighted by Gasteiger charge is 2.24. The van der Waals surface area contributed by atoms with Crippen LogP contribution in [0, 0.1) is 6.92 Å². The summed E-state index contributed by atoms with van der Waals surface area (Å²) < 4.78 is 10.7. The molecule has 0 atom stereocenters. The largest absolute Gasteiger partial charge is 0.493 e. The van der Waals surface area contributed by atoms with E-state index in [0.29, 0.717) is 24.5 Å². The Morgan fingerprint density at radius 2 is 1.78 bits per heavy atom. The minimum atomic E-state index is -0.0991. The lowest BCUT2D eigenvalue weighted by molar-refractivity contribution is 0.0728. The van der Waals surface area contributed by atoms with Gasteiger partial charge in [0.1, 0.15) is 5.69 Å². The summed E-state index contributed by atoms with van der Waals surface area (Å²) in [5.41, 5.74) is 3.42. The van der Waals surface area contributed by atoms with Crippen LogP contribution in [0.5, 0.6) is 11.5 Å². The topological polar surface area (TPSA) is 64.6 Å². The summed E-state index contributed by atoms with van der Waals surface area (Å²) in [7, 11) is 3.23. The number of methoxy groups -OCH3 is 2. The van der Waals surface area contributed by atoms with Crippen molar-refractivity contribution >= 4 is 5.91 Å². The van der Waals surface area contributed by atoms with Gasteiger partial charge in [0, 0.05) is 19.3 Å². The zero-order valence-electron chi connectivity index (χ0n) is 13.5. The number of hydrogen-bond donors (Lipinski definition) is 0. The summed E-state index contributed by atoms with van der Waals surface area (Å²) in [6, 6.07) is 3.93. The molecular weight excluding hydrogens is 294 g/mol. The van der Waals surface area contributed by atoms with Crippen LogP contribution in [0.1, 0.15) is 27.3 Å². The van der Waals surface area contributed by atoms with Crippen LogP contribution in [-0.2, 0) is 13.0 Å². The molecule has 3 rings (SSSR count). The van der Waals surface area contributed by atoms with Gasteiger partial charge in [0.25, 0.3) is 5.91 Å². The van der Waals surface area contributed by atoms with E-state index in [2.05, 4.69) is 9.97 Å². The summed E-state index contributed by atoms with van der Waals surface area (Å²) in [6.45, 7) is 3.03. The standard InChI is InChI=1S/C17H19N3O3/c1-11-8-19-14(9-18-11)17(21)20-5-4-12-6-15(22-2)16(23-3)7-13(12)10-20/h6-9H,4-5,10H2,1-3H3. The quantitative estimate of drug-likeness (QED) is 0.867. The van der Waals surface area contributed by atoms with Crippen LogP contribution in [-0.4, -0.2) is 41.5 Å². The van der Waals surface area contributed by atoms with Crippen molar-refractivity contribution in [2.75, 3.05) is 20.8 Å². The molecule has 1 amide bonds. The molecule has 0 bridgehead atoms. The molecule has 120 valence electrons. The van der Waals surface area contributed by atoms with E-state index >= 15 is 0 Å². The lowest BCUT2D eigenvalue weighted by Crippen LogP contribution is -2.36. The number of benzene rings is 1. The summed E-state index contributed by atoms with van der Waals surface area (Å²) in [5, 5.41) is 0. The maximum atomic E-state index is 12.6. The summed E-state index contributed by atoms with van der Waals surface area (Å²) in [4.78, 5) is 22.7. The Morgan fingerprint density at radius 3 is 2.39 bits per heavy atom. The maximum absolute atomic E-state index is 12.6. The number of hydrogen-bond acceptors (Lipinski definition) is 5. The molecule has 0 aliphatic carbocycles. The number of amides is 1. The van der Waals surface area contributed by atoms with Gasteiger partial charge in [0.15, 0.2) is 11.5 Å². The summed E-state index contributed by atoms with van der Waals surface area (Å²) >= 11 is 0. The van der Waals surface area contributed by atoms with Crippen LogP contribution >= 0.6 is 0 Å². The zero-order valence-corrected chi connectivity index (χ0v) is 13.5. The van der Waals surface area contributed by atoms with Crippen molar-refractivity contribution in [1.82, 2.24) is 14.9 Å². The van der Waals surface area contributed by atoms with Gasteiger partial charge in [0.05, 0.1) is 26.1 Å². The van der Waals surface area contributed by atoms with Crippen LogP contribution < -0.4 is 9.47 Å². The van der Waals surface area contributed by atoms with Gasteiger partial charge in [0.2, 0.25) is 0 Å². The molecule has 1 aromatic heterocycles. The fourth-order valence-electron chi connectivity index (χ4n) is 2.72. The molecule has 6 heteroatoms. The van der Waals surface area contributed by atoms with Crippen molar-refractivity contribution < 1.29 is 14.3 Å². The van der Waals surface area contributed by atoms with Gasteiger partial charge >= 0.3 is 0 Å². The first-order valence-corrected chi connectivity index (χ1v) is 7.44. The third-order valence-electron chi connectivity index (χ3n) is 4.01. The lowest BCUT2D eigenvalue weighted by Gasteiger charge is -2.29. The second-order valence-corrected chi connectivity index (χ2v) is 5.50. The monoisotopic (exact) mass is 313 g/mol. The molecule has 0 N–H and O–H groups in total. The predicted molar refractivity (Wildman–Crippen MR) is 84.8 cm³/mol. The van der Waals surface area contributed by atoms with Gasteiger partial charge < -0.3 is 14.4 Å². The number of fused-ring (bicyclic) bond motifs is 1.